The Morgan fingerprint density at radius 3 is 2.47 bits per heavy atom. The lowest BCUT2D eigenvalue weighted by molar-refractivity contribution is -0.336. The number of hydrogen-bond acceptors (Lipinski definition) is 9. The lowest BCUT2D eigenvalue weighted by Gasteiger charge is -2.39. The minimum Gasteiger partial charge on any atom is -0.448 e. The van der Waals surface area contributed by atoms with Crippen LogP contribution in [0.2, 0.25) is 0 Å². The lowest BCUT2D eigenvalue weighted by Crippen LogP contribution is -2.59. The van der Waals surface area contributed by atoms with E-state index in [9.17, 15) is 20.1 Å². The molecule has 2 aliphatic rings. The van der Waals surface area contributed by atoms with Crippen LogP contribution in [-0.2, 0) is 14.2 Å². The van der Waals surface area contributed by atoms with Crippen LogP contribution in [0, 0.1) is 5.41 Å². The van der Waals surface area contributed by atoms with Gasteiger partial charge in [0.25, 0.3) is 5.79 Å². The van der Waals surface area contributed by atoms with Crippen molar-refractivity contribution in [3.8, 4) is 11.5 Å². The van der Waals surface area contributed by atoms with Gasteiger partial charge >= 0.3 is 5.97 Å². The molecule has 1 fully saturated rings. The molecule has 2 aliphatic heterocycles. The molecule has 3 rings (SSSR count). The Hall–Kier alpha value is -2.17. The third-order valence-electron chi connectivity index (χ3n) is 5.29. The predicted molar refractivity (Wildman–Crippen MR) is 104 cm³/mol. The molecule has 1 saturated heterocycles. The van der Waals surface area contributed by atoms with Gasteiger partial charge in [-0.05, 0) is 12.1 Å². The number of carbonyl (C=O) groups excluding carboxylic acids is 1. The van der Waals surface area contributed by atoms with Gasteiger partial charge in [-0.15, -0.1) is 6.58 Å². The highest BCUT2D eigenvalue weighted by Crippen LogP contribution is 2.48. The second kappa shape index (κ2) is 8.16. The first-order valence-corrected chi connectivity index (χ1v) is 9.62. The molecule has 0 saturated carbocycles. The topological polar surface area (TPSA) is 124 Å². The summed E-state index contributed by atoms with van der Waals surface area (Å²) in [5, 5.41) is 30.2. The van der Waals surface area contributed by atoms with Gasteiger partial charge in [-0.25, -0.2) is 4.79 Å². The number of fused-ring (bicyclic) bond motifs is 1. The molecule has 0 radical (unpaired) electrons. The molecule has 1 aromatic rings. The Labute approximate surface area is 174 Å². The van der Waals surface area contributed by atoms with Crippen molar-refractivity contribution in [3.05, 3.63) is 36.4 Å². The molecule has 166 valence electrons. The SMILES string of the molecule is C=CCO[C@H]1O[C@H](OC(=O)c2cccc3c2OC(C)(C(C)(C)C)O3)[C@H](O)[C@H](O)[C@H]1O. The maximum absolute atomic E-state index is 12.8. The van der Waals surface area contributed by atoms with Crippen LogP contribution in [0.15, 0.2) is 30.9 Å². The molecular weight excluding hydrogens is 396 g/mol. The summed E-state index contributed by atoms with van der Waals surface area (Å²) in [4.78, 5) is 12.8. The zero-order valence-corrected chi connectivity index (χ0v) is 17.4. The molecule has 2 heterocycles. The molecule has 1 unspecified atom stereocenters. The van der Waals surface area contributed by atoms with Gasteiger partial charge in [-0.2, -0.15) is 0 Å². The Morgan fingerprint density at radius 2 is 1.83 bits per heavy atom. The third kappa shape index (κ3) is 4.03. The number of aliphatic hydroxyl groups is 3. The van der Waals surface area contributed by atoms with E-state index in [1.807, 2.05) is 20.8 Å². The lowest BCUT2D eigenvalue weighted by atomic mass is 9.87. The molecule has 1 aromatic carbocycles. The number of carbonyl (C=O) groups is 1. The fraction of sp³-hybridized carbons (Fsp3) is 0.571. The van der Waals surface area contributed by atoms with Crippen molar-refractivity contribution in [2.75, 3.05) is 6.61 Å². The summed E-state index contributed by atoms with van der Waals surface area (Å²) < 4.78 is 27.8. The summed E-state index contributed by atoms with van der Waals surface area (Å²) in [6.45, 7) is 11.1. The van der Waals surface area contributed by atoms with Crippen LogP contribution < -0.4 is 9.47 Å². The highest BCUT2D eigenvalue weighted by Gasteiger charge is 2.50. The van der Waals surface area contributed by atoms with E-state index < -0.39 is 48.1 Å². The van der Waals surface area contributed by atoms with Crippen molar-refractivity contribution in [2.24, 2.45) is 5.41 Å². The molecule has 30 heavy (non-hydrogen) atoms. The Kier molecular flexibility index (Phi) is 6.13. The summed E-state index contributed by atoms with van der Waals surface area (Å²) >= 11 is 0. The van der Waals surface area contributed by atoms with Crippen molar-refractivity contribution in [3.63, 3.8) is 0 Å². The number of esters is 1. The largest absolute Gasteiger partial charge is 0.448 e. The van der Waals surface area contributed by atoms with E-state index in [4.69, 9.17) is 23.7 Å². The fourth-order valence-electron chi connectivity index (χ4n) is 2.98. The Bertz CT molecular complexity index is 802. The summed E-state index contributed by atoms with van der Waals surface area (Å²) in [5.74, 6) is -1.26. The minimum atomic E-state index is -1.68. The standard InChI is InChI=1S/C21H28O9/c1-6-10-26-18-14(23)13(22)15(24)19(28-18)27-17(25)11-8-7-9-12-16(11)30-21(5,29-12)20(2,3)4/h6-9,13-15,18-19,22-24H,1,10H2,2-5H3/t13-,14-,15-,18+,19+,21?/m1/s1. The van der Waals surface area contributed by atoms with E-state index in [1.165, 1.54) is 12.1 Å². The van der Waals surface area contributed by atoms with E-state index in [2.05, 4.69) is 6.58 Å². The summed E-state index contributed by atoms with van der Waals surface area (Å²) in [5.41, 5.74) is -0.327. The fourth-order valence-corrected chi connectivity index (χ4v) is 2.98. The van der Waals surface area contributed by atoms with Crippen molar-refractivity contribution < 1.29 is 43.8 Å². The quantitative estimate of drug-likeness (QED) is 0.474. The van der Waals surface area contributed by atoms with Crippen LogP contribution in [0.3, 0.4) is 0 Å². The van der Waals surface area contributed by atoms with E-state index in [0.717, 1.165) is 0 Å². The van der Waals surface area contributed by atoms with Gasteiger partial charge in [0.05, 0.1) is 6.61 Å². The molecule has 0 aromatic heterocycles. The first-order chi connectivity index (χ1) is 14.0. The normalized spacial score (nSPS) is 33.2. The van der Waals surface area contributed by atoms with Crippen LogP contribution in [0.1, 0.15) is 38.1 Å². The van der Waals surface area contributed by atoms with Gasteiger partial charge in [-0.3, -0.25) is 0 Å². The molecule has 0 spiro atoms. The molecule has 6 atom stereocenters. The molecule has 0 bridgehead atoms. The number of para-hydroxylation sites is 1. The van der Waals surface area contributed by atoms with Crippen molar-refractivity contribution >= 4 is 5.97 Å². The van der Waals surface area contributed by atoms with Gasteiger partial charge in [-0.1, -0.05) is 32.9 Å². The minimum absolute atomic E-state index is 0.0218. The molecule has 3 N–H and O–H groups in total. The number of ether oxygens (including phenoxy) is 5. The summed E-state index contributed by atoms with van der Waals surface area (Å²) in [6.07, 6.45) is -6.31. The predicted octanol–water partition coefficient (Wildman–Crippen LogP) is 1.34. The maximum atomic E-state index is 12.8. The van der Waals surface area contributed by atoms with E-state index in [0.29, 0.717) is 5.75 Å². The van der Waals surface area contributed by atoms with Gasteiger partial charge in [0.1, 0.15) is 23.9 Å². The highest BCUT2D eigenvalue weighted by atomic mass is 16.8. The first kappa shape index (κ1) is 22.5. The van der Waals surface area contributed by atoms with E-state index in [-0.39, 0.29) is 17.9 Å². The Balaban J connectivity index is 1.79. The summed E-state index contributed by atoms with van der Waals surface area (Å²) in [7, 11) is 0. The van der Waals surface area contributed by atoms with Gasteiger partial charge in [0, 0.05) is 12.3 Å². The number of aliphatic hydroxyl groups excluding tert-OH is 3. The maximum Gasteiger partial charge on any atom is 0.344 e. The monoisotopic (exact) mass is 424 g/mol. The second-order valence-corrected chi connectivity index (χ2v) is 8.40. The molecule has 0 amide bonds. The zero-order valence-electron chi connectivity index (χ0n) is 17.4. The zero-order chi connectivity index (χ0) is 22.3. The van der Waals surface area contributed by atoms with E-state index in [1.54, 1.807) is 19.1 Å². The van der Waals surface area contributed by atoms with Gasteiger partial charge in [0.2, 0.25) is 6.29 Å². The number of hydrogen-bond donors (Lipinski definition) is 3. The molecule has 9 nitrogen and oxygen atoms in total. The van der Waals surface area contributed by atoms with Crippen LogP contribution in [0.5, 0.6) is 11.5 Å². The highest BCUT2D eigenvalue weighted by molar-refractivity contribution is 5.94. The van der Waals surface area contributed by atoms with E-state index >= 15 is 0 Å². The van der Waals surface area contributed by atoms with Gasteiger partial charge in [0.15, 0.2) is 17.8 Å². The van der Waals surface area contributed by atoms with Crippen LogP contribution in [-0.4, -0.2) is 64.6 Å². The van der Waals surface area contributed by atoms with Crippen LogP contribution in [0.25, 0.3) is 0 Å². The third-order valence-corrected chi connectivity index (χ3v) is 5.29. The van der Waals surface area contributed by atoms with Crippen LogP contribution in [0.4, 0.5) is 0 Å². The first-order valence-electron chi connectivity index (χ1n) is 9.62. The van der Waals surface area contributed by atoms with Crippen molar-refractivity contribution in [1.82, 2.24) is 0 Å². The average Bonchev–Trinajstić information content (AvgIpc) is 3.04. The molecule has 9 heteroatoms. The molecule has 0 aliphatic carbocycles. The van der Waals surface area contributed by atoms with Crippen molar-refractivity contribution in [2.45, 2.75) is 64.4 Å². The molecular formula is C21H28O9. The van der Waals surface area contributed by atoms with Gasteiger partial charge < -0.3 is 39.0 Å². The number of rotatable bonds is 5. The second-order valence-electron chi connectivity index (χ2n) is 8.40. The van der Waals surface area contributed by atoms with Crippen molar-refractivity contribution in [1.29, 1.82) is 0 Å². The Morgan fingerprint density at radius 1 is 1.17 bits per heavy atom. The summed E-state index contributed by atoms with van der Waals surface area (Å²) in [6, 6.07) is 4.78. The average molecular weight is 424 g/mol. The number of benzene rings is 1. The van der Waals surface area contributed by atoms with Crippen LogP contribution >= 0.6 is 0 Å². The smallest absolute Gasteiger partial charge is 0.344 e.